The summed E-state index contributed by atoms with van der Waals surface area (Å²) in [4.78, 5) is 15.3. The van der Waals surface area contributed by atoms with E-state index in [-0.39, 0.29) is 29.5 Å². The molecule has 35 heavy (non-hydrogen) atoms. The number of hydrogen-bond donors (Lipinski definition) is 1. The second-order valence-electron chi connectivity index (χ2n) is 11.2. The van der Waals surface area contributed by atoms with E-state index in [4.69, 9.17) is 21.1 Å². The summed E-state index contributed by atoms with van der Waals surface area (Å²) in [6.45, 7) is 11.1. The molecule has 3 aliphatic heterocycles. The summed E-state index contributed by atoms with van der Waals surface area (Å²) >= 11 is 6.32. The highest BCUT2D eigenvalue weighted by Crippen LogP contribution is 2.47. The first-order valence-corrected chi connectivity index (χ1v) is 13.0. The summed E-state index contributed by atoms with van der Waals surface area (Å²) in [5, 5.41) is 3.56. The number of rotatable bonds is 5. The lowest BCUT2D eigenvalue weighted by Gasteiger charge is -2.44. The van der Waals surface area contributed by atoms with Crippen LogP contribution < -0.4 is 10.1 Å². The number of benzene rings is 2. The molecule has 5 nitrogen and oxygen atoms in total. The van der Waals surface area contributed by atoms with Gasteiger partial charge in [-0.15, -0.1) is 0 Å². The number of alkyl carbamates (subject to hydrolysis) is 1. The van der Waals surface area contributed by atoms with Crippen molar-refractivity contribution in [2.45, 2.75) is 65.2 Å². The molecule has 3 saturated heterocycles. The fourth-order valence-electron chi connectivity index (χ4n) is 5.96. The number of nitrogens with zero attached hydrogens (tertiary/aromatic N) is 1. The Bertz CT molecular complexity index is 1130. The summed E-state index contributed by atoms with van der Waals surface area (Å²) in [5.74, 6) is 0.700. The van der Waals surface area contributed by atoms with Crippen molar-refractivity contribution in [1.82, 2.24) is 10.2 Å². The van der Waals surface area contributed by atoms with Crippen LogP contribution in [-0.4, -0.2) is 42.8 Å². The molecule has 1 N–H and O–H groups in total. The zero-order chi connectivity index (χ0) is 24.9. The van der Waals surface area contributed by atoms with Gasteiger partial charge in [0.1, 0.15) is 17.7 Å². The zero-order valence-electron chi connectivity index (χ0n) is 20.9. The van der Waals surface area contributed by atoms with Crippen molar-refractivity contribution in [3.8, 4) is 16.9 Å². The molecule has 2 aromatic carbocycles. The van der Waals surface area contributed by atoms with Crippen LogP contribution in [0.1, 0.15) is 57.7 Å². The Morgan fingerprint density at radius 1 is 1.17 bits per heavy atom. The van der Waals surface area contributed by atoms with Crippen LogP contribution in [-0.2, 0) is 11.2 Å². The van der Waals surface area contributed by atoms with Crippen LogP contribution >= 0.6 is 11.6 Å². The molecule has 0 radical (unpaired) electrons. The number of nitrogens with one attached hydrogen (secondary N) is 1. The monoisotopic (exact) mass is 500 g/mol. The molecule has 3 heterocycles. The third-order valence-electron chi connectivity index (χ3n) is 7.64. The first kappa shape index (κ1) is 24.4. The van der Waals surface area contributed by atoms with Crippen LogP contribution in [0.3, 0.4) is 0 Å². The number of hydrogen-bond acceptors (Lipinski definition) is 4. The molecule has 7 heteroatoms. The van der Waals surface area contributed by atoms with Crippen molar-refractivity contribution in [3.63, 3.8) is 0 Å². The largest absolute Gasteiger partial charge is 0.491 e. The number of fused-ring (bicyclic) bond motifs is 4. The Morgan fingerprint density at radius 2 is 1.91 bits per heavy atom. The maximum Gasteiger partial charge on any atom is 0.407 e. The number of halogens is 2. The van der Waals surface area contributed by atoms with Gasteiger partial charge in [0, 0.05) is 17.1 Å². The average Bonchev–Trinajstić information content (AvgIpc) is 3.02. The second kappa shape index (κ2) is 9.29. The van der Waals surface area contributed by atoms with E-state index in [1.165, 1.54) is 0 Å². The molecule has 0 spiro atoms. The summed E-state index contributed by atoms with van der Waals surface area (Å²) in [5.41, 5.74) is 2.70. The highest BCUT2D eigenvalue weighted by atomic mass is 35.5. The lowest BCUT2D eigenvalue weighted by atomic mass is 9.85. The van der Waals surface area contributed by atoms with Crippen LogP contribution in [0, 0.1) is 17.2 Å². The van der Waals surface area contributed by atoms with Gasteiger partial charge in [-0.05, 0) is 105 Å². The third-order valence-corrected chi connectivity index (χ3v) is 7.86. The molecule has 1 amide bonds. The smallest absolute Gasteiger partial charge is 0.407 e. The molecule has 188 valence electrons. The number of carbonyl (C=O) groups excluding carboxylic acids is 1. The van der Waals surface area contributed by atoms with Gasteiger partial charge in [-0.25, -0.2) is 9.18 Å². The van der Waals surface area contributed by atoms with Crippen molar-refractivity contribution in [2.75, 3.05) is 19.6 Å². The van der Waals surface area contributed by atoms with E-state index >= 15 is 4.39 Å². The van der Waals surface area contributed by atoms with Gasteiger partial charge in [-0.3, -0.25) is 4.90 Å². The van der Waals surface area contributed by atoms with E-state index in [0.29, 0.717) is 27.8 Å². The first-order valence-electron chi connectivity index (χ1n) is 12.6. The fraction of sp³-hybridized carbons (Fsp3) is 0.536. The molecule has 2 atom stereocenters. The lowest BCUT2D eigenvalue weighted by molar-refractivity contribution is -0.0349. The molecule has 0 aromatic heterocycles. The minimum absolute atomic E-state index is 0.0143. The van der Waals surface area contributed by atoms with Gasteiger partial charge in [-0.2, -0.15) is 0 Å². The standard InChI is InChI=1S/C28H34ClFN2O3/c1-16(2)34-21-10-18(9-20(29)12-21)22-11-19-14-28(3,4)26(23(19)13-24(22)30)31-27(33)35-25-15-32-7-5-17(25)6-8-32/h9-13,16-17,25-26H,5-8,14-15H2,1-4H3,(H,31,33)/t25-,26-/m0/s1. The van der Waals surface area contributed by atoms with Gasteiger partial charge in [0.05, 0.1) is 12.1 Å². The van der Waals surface area contributed by atoms with Crippen LogP contribution in [0.15, 0.2) is 30.3 Å². The van der Waals surface area contributed by atoms with Crippen molar-refractivity contribution in [1.29, 1.82) is 0 Å². The molecule has 2 bridgehead atoms. The van der Waals surface area contributed by atoms with E-state index in [1.54, 1.807) is 18.2 Å². The average molecular weight is 501 g/mol. The molecule has 2 aromatic rings. The maximum absolute atomic E-state index is 15.5. The van der Waals surface area contributed by atoms with Crippen LogP contribution in [0.2, 0.25) is 5.02 Å². The SMILES string of the molecule is CC(C)Oc1cc(Cl)cc(-c2cc3c(cc2F)[C@H](NC(=O)O[C@H]2CN4CCC2CC4)C(C)(C)C3)c1. The topological polar surface area (TPSA) is 50.8 Å². The maximum atomic E-state index is 15.5. The van der Waals surface area contributed by atoms with Gasteiger partial charge < -0.3 is 14.8 Å². The highest BCUT2D eigenvalue weighted by molar-refractivity contribution is 6.31. The zero-order valence-corrected chi connectivity index (χ0v) is 21.6. The minimum Gasteiger partial charge on any atom is -0.491 e. The van der Waals surface area contributed by atoms with E-state index < -0.39 is 6.09 Å². The van der Waals surface area contributed by atoms with Crippen molar-refractivity contribution in [2.24, 2.45) is 11.3 Å². The summed E-state index contributed by atoms with van der Waals surface area (Å²) in [6.07, 6.45) is 2.39. The molecule has 6 rings (SSSR count). The minimum atomic E-state index is -0.413. The van der Waals surface area contributed by atoms with Crippen molar-refractivity contribution < 1.29 is 18.7 Å². The molecule has 0 saturated carbocycles. The van der Waals surface area contributed by atoms with Gasteiger partial charge in [0.2, 0.25) is 0 Å². The molecular formula is C28H34ClFN2O3. The van der Waals surface area contributed by atoms with Gasteiger partial charge in [-0.1, -0.05) is 25.4 Å². The molecular weight excluding hydrogens is 467 g/mol. The van der Waals surface area contributed by atoms with Gasteiger partial charge in [0.15, 0.2) is 0 Å². The molecule has 3 fully saturated rings. The predicted molar refractivity (Wildman–Crippen MR) is 135 cm³/mol. The second-order valence-corrected chi connectivity index (χ2v) is 11.6. The molecule has 0 unspecified atom stereocenters. The number of piperidine rings is 3. The van der Waals surface area contributed by atoms with E-state index in [2.05, 4.69) is 24.1 Å². The number of ether oxygens (including phenoxy) is 2. The summed E-state index contributed by atoms with van der Waals surface area (Å²) < 4.78 is 27.1. The predicted octanol–water partition coefficient (Wildman–Crippen LogP) is 6.38. The summed E-state index contributed by atoms with van der Waals surface area (Å²) in [6, 6.07) is 8.42. The van der Waals surface area contributed by atoms with Crippen LogP contribution in [0.4, 0.5) is 9.18 Å². The fourth-order valence-corrected chi connectivity index (χ4v) is 6.18. The quantitative estimate of drug-likeness (QED) is 0.517. The number of carbonyl (C=O) groups is 1. The Balaban J connectivity index is 1.38. The van der Waals surface area contributed by atoms with Crippen LogP contribution in [0.5, 0.6) is 5.75 Å². The Morgan fingerprint density at radius 3 is 2.57 bits per heavy atom. The van der Waals surface area contributed by atoms with E-state index in [1.807, 2.05) is 26.0 Å². The van der Waals surface area contributed by atoms with E-state index in [0.717, 1.165) is 50.0 Å². The van der Waals surface area contributed by atoms with Gasteiger partial charge in [0.25, 0.3) is 0 Å². The Hall–Kier alpha value is -2.31. The summed E-state index contributed by atoms with van der Waals surface area (Å²) in [7, 11) is 0. The molecule has 1 aliphatic carbocycles. The van der Waals surface area contributed by atoms with Gasteiger partial charge >= 0.3 is 6.09 Å². The Labute approximate surface area is 211 Å². The van der Waals surface area contributed by atoms with Crippen LogP contribution in [0.25, 0.3) is 11.1 Å². The third kappa shape index (κ3) is 5.01. The lowest BCUT2D eigenvalue weighted by Crippen LogP contribution is -2.53. The Kier molecular flexibility index (Phi) is 6.47. The van der Waals surface area contributed by atoms with E-state index in [9.17, 15) is 4.79 Å². The number of amides is 1. The normalized spacial score (nSPS) is 26.5. The van der Waals surface area contributed by atoms with Crippen molar-refractivity contribution >= 4 is 17.7 Å². The first-order chi connectivity index (χ1) is 16.6. The highest BCUT2D eigenvalue weighted by Gasteiger charge is 2.42. The molecule has 4 aliphatic rings. The van der Waals surface area contributed by atoms with Crippen molar-refractivity contribution in [3.05, 3.63) is 52.3 Å².